The van der Waals surface area contributed by atoms with Gasteiger partial charge in [0.1, 0.15) is 0 Å². The number of aliphatic hydroxyl groups is 1. The molecule has 168 valence electrons. The second-order valence-electron chi connectivity index (χ2n) is 6.97. The SMILES string of the molecule is Cc1cn(CCN(CCn2cc(C)c(=O)[nH]c2=O)C(=O)CC(O)C(=O)O)c(=O)[nH]c1=O. The number of aromatic nitrogens is 4. The van der Waals surface area contributed by atoms with E-state index in [0.29, 0.717) is 0 Å². The van der Waals surface area contributed by atoms with Gasteiger partial charge in [-0.1, -0.05) is 0 Å². The number of nitrogens with one attached hydrogen (secondary N) is 2. The predicted molar refractivity (Wildman–Crippen MR) is 107 cm³/mol. The summed E-state index contributed by atoms with van der Waals surface area (Å²) in [6.45, 7) is 2.84. The Morgan fingerprint density at radius 3 is 1.74 bits per heavy atom. The Balaban J connectivity index is 2.22. The number of hydrogen-bond donors (Lipinski definition) is 4. The number of carbonyl (C=O) groups excluding carboxylic acids is 1. The van der Waals surface area contributed by atoms with Crippen LogP contribution in [0.3, 0.4) is 0 Å². The third-order valence-electron chi connectivity index (χ3n) is 4.61. The van der Waals surface area contributed by atoms with Crippen molar-refractivity contribution in [3.05, 3.63) is 65.2 Å². The van der Waals surface area contributed by atoms with Crippen molar-refractivity contribution in [2.45, 2.75) is 39.5 Å². The Morgan fingerprint density at radius 2 is 1.35 bits per heavy atom. The van der Waals surface area contributed by atoms with Crippen LogP contribution in [0.2, 0.25) is 0 Å². The molecule has 0 saturated heterocycles. The molecule has 2 aromatic rings. The van der Waals surface area contributed by atoms with Crippen molar-refractivity contribution < 1.29 is 19.8 Å². The molecule has 0 spiro atoms. The highest BCUT2D eigenvalue weighted by Gasteiger charge is 2.22. The van der Waals surface area contributed by atoms with E-state index in [0.717, 1.165) is 0 Å². The molecule has 1 unspecified atom stereocenters. The number of aliphatic hydroxyl groups excluding tert-OH is 1. The van der Waals surface area contributed by atoms with Gasteiger partial charge in [-0.2, -0.15) is 0 Å². The van der Waals surface area contributed by atoms with Crippen LogP contribution in [-0.4, -0.2) is 65.3 Å². The summed E-state index contributed by atoms with van der Waals surface area (Å²) in [6, 6.07) is 0. The van der Waals surface area contributed by atoms with Gasteiger partial charge < -0.3 is 15.1 Å². The van der Waals surface area contributed by atoms with Crippen LogP contribution >= 0.6 is 0 Å². The number of aryl methyl sites for hydroxylation is 2. The molecule has 0 bridgehead atoms. The molecule has 0 aliphatic rings. The van der Waals surface area contributed by atoms with Gasteiger partial charge in [0, 0.05) is 49.7 Å². The fourth-order valence-corrected chi connectivity index (χ4v) is 2.77. The summed E-state index contributed by atoms with van der Waals surface area (Å²) >= 11 is 0. The molecule has 4 N–H and O–H groups in total. The minimum absolute atomic E-state index is 0.0229. The van der Waals surface area contributed by atoms with E-state index in [1.54, 1.807) is 0 Å². The van der Waals surface area contributed by atoms with Crippen molar-refractivity contribution >= 4 is 11.9 Å². The monoisotopic (exact) mass is 437 g/mol. The fraction of sp³-hybridized carbons (Fsp3) is 0.444. The topological polar surface area (TPSA) is 188 Å². The number of aromatic amines is 2. The van der Waals surface area contributed by atoms with Crippen molar-refractivity contribution in [2.24, 2.45) is 0 Å². The Bertz CT molecular complexity index is 1130. The summed E-state index contributed by atoms with van der Waals surface area (Å²) in [4.78, 5) is 75.7. The molecule has 13 heteroatoms. The van der Waals surface area contributed by atoms with E-state index >= 15 is 0 Å². The lowest BCUT2D eigenvalue weighted by atomic mass is 10.2. The first-order valence-electron chi connectivity index (χ1n) is 9.29. The van der Waals surface area contributed by atoms with Crippen LogP contribution in [0.5, 0.6) is 0 Å². The molecule has 2 heterocycles. The number of rotatable bonds is 9. The second-order valence-corrected chi connectivity index (χ2v) is 6.97. The molecule has 13 nitrogen and oxygen atoms in total. The molecule has 0 fully saturated rings. The Kier molecular flexibility index (Phi) is 7.47. The average molecular weight is 437 g/mol. The van der Waals surface area contributed by atoms with Gasteiger partial charge in [0.25, 0.3) is 11.1 Å². The first-order valence-corrected chi connectivity index (χ1v) is 9.29. The second kappa shape index (κ2) is 9.84. The van der Waals surface area contributed by atoms with Crippen molar-refractivity contribution in [3.63, 3.8) is 0 Å². The molecule has 0 aliphatic carbocycles. The number of nitrogens with zero attached hydrogens (tertiary/aromatic N) is 3. The van der Waals surface area contributed by atoms with Crippen LogP contribution in [0, 0.1) is 13.8 Å². The van der Waals surface area contributed by atoms with E-state index in [-0.39, 0.29) is 37.3 Å². The zero-order valence-electron chi connectivity index (χ0n) is 17.0. The number of aliphatic carboxylic acids is 1. The van der Waals surface area contributed by atoms with Gasteiger partial charge in [-0.25, -0.2) is 14.4 Å². The average Bonchev–Trinajstić information content (AvgIpc) is 2.68. The Morgan fingerprint density at radius 1 is 0.935 bits per heavy atom. The number of H-pyrrole nitrogens is 2. The van der Waals surface area contributed by atoms with E-state index < -0.39 is 46.9 Å². The summed E-state index contributed by atoms with van der Waals surface area (Å²) in [5.41, 5.74) is -1.86. The molecule has 0 radical (unpaired) electrons. The number of amides is 1. The van der Waals surface area contributed by atoms with E-state index in [9.17, 15) is 33.9 Å². The van der Waals surface area contributed by atoms with Crippen molar-refractivity contribution in [1.82, 2.24) is 24.0 Å². The minimum atomic E-state index is -1.91. The highest BCUT2D eigenvalue weighted by atomic mass is 16.4. The summed E-state index contributed by atoms with van der Waals surface area (Å²) in [6.07, 6.45) is 0.0392. The Hall–Kier alpha value is -3.74. The molecule has 1 atom stereocenters. The standard InChI is InChI=1S/C18H23N5O8/c1-10-8-22(17(30)19-14(10)26)5-3-21(13(25)7-12(24)16(28)29)4-6-23-9-11(2)15(27)20-18(23)31/h8-9,12,24H,3-7H2,1-2H3,(H,28,29)(H,19,26,30)(H,20,27,31). The lowest BCUT2D eigenvalue weighted by Gasteiger charge is -2.24. The smallest absolute Gasteiger partial charge is 0.333 e. The van der Waals surface area contributed by atoms with Crippen LogP contribution < -0.4 is 22.5 Å². The zero-order chi connectivity index (χ0) is 23.3. The largest absolute Gasteiger partial charge is 0.479 e. The van der Waals surface area contributed by atoms with Gasteiger partial charge in [0.05, 0.1) is 6.42 Å². The number of carboxylic acid groups (broad SMARTS) is 1. The molecular formula is C18H23N5O8. The number of hydrogen-bond acceptors (Lipinski definition) is 7. The first kappa shape index (κ1) is 23.5. The van der Waals surface area contributed by atoms with E-state index in [2.05, 4.69) is 9.97 Å². The predicted octanol–water partition coefficient (Wildman–Crippen LogP) is -2.63. The molecule has 2 aromatic heterocycles. The maximum Gasteiger partial charge on any atom is 0.333 e. The summed E-state index contributed by atoms with van der Waals surface area (Å²) in [7, 11) is 0. The normalized spacial score (nSPS) is 11.8. The quantitative estimate of drug-likeness (QED) is 0.328. The molecule has 2 rings (SSSR count). The molecular weight excluding hydrogens is 414 g/mol. The maximum absolute atomic E-state index is 12.5. The van der Waals surface area contributed by atoms with Gasteiger partial charge in [0.15, 0.2) is 6.10 Å². The van der Waals surface area contributed by atoms with E-state index in [1.165, 1.54) is 40.3 Å². The van der Waals surface area contributed by atoms with Gasteiger partial charge >= 0.3 is 17.3 Å². The Labute approximate surface area is 174 Å². The summed E-state index contributed by atoms with van der Waals surface area (Å²) in [5.74, 6) is -2.27. The third-order valence-corrected chi connectivity index (χ3v) is 4.61. The molecule has 0 saturated carbocycles. The minimum Gasteiger partial charge on any atom is -0.479 e. The van der Waals surface area contributed by atoms with Crippen molar-refractivity contribution in [1.29, 1.82) is 0 Å². The van der Waals surface area contributed by atoms with Crippen LogP contribution in [0.15, 0.2) is 31.6 Å². The van der Waals surface area contributed by atoms with Gasteiger partial charge in [-0.3, -0.25) is 33.5 Å². The van der Waals surface area contributed by atoms with Crippen LogP contribution in [-0.2, 0) is 22.7 Å². The molecule has 0 aromatic carbocycles. The van der Waals surface area contributed by atoms with Crippen molar-refractivity contribution in [3.8, 4) is 0 Å². The lowest BCUT2D eigenvalue weighted by molar-refractivity contribution is -0.151. The molecule has 0 aliphatic heterocycles. The van der Waals surface area contributed by atoms with Gasteiger partial charge in [0.2, 0.25) is 5.91 Å². The first-order chi connectivity index (χ1) is 14.5. The van der Waals surface area contributed by atoms with Crippen LogP contribution in [0.4, 0.5) is 0 Å². The summed E-state index contributed by atoms with van der Waals surface area (Å²) in [5, 5.41) is 18.3. The van der Waals surface area contributed by atoms with Crippen molar-refractivity contribution in [2.75, 3.05) is 13.1 Å². The zero-order valence-corrected chi connectivity index (χ0v) is 17.0. The number of carbonyl (C=O) groups is 2. The highest BCUT2D eigenvalue weighted by Crippen LogP contribution is 2.02. The molecule has 1 amide bonds. The van der Waals surface area contributed by atoms with Crippen LogP contribution in [0.25, 0.3) is 0 Å². The van der Waals surface area contributed by atoms with E-state index in [4.69, 9.17) is 5.11 Å². The number of carboxylic acids is 1. The van der Waals surface area contributed by atoms with Gasteiger partial charge in [-0.15, -0.1) is 0 Å². The highest BCUT2D eigenvalue weighted by molar-refractivity contribution is 5.83. The lowest BCUT2D eigenvalue weighted by Crippen LogP contribution is -2.42. The molecule has 31 heavy (non-hydrogen) atoms. The van der Waals surface area contributed by atoms with E-state index in [1.807, 2.05) is 0 Å². The summed E-state index contributed by atoms with van der Waals surface area (Å²) < 4.78 is 2.36. The van der Waals surface area contributed by atoms with Gasteiger partial charge in [-0.05, 0) is 13.8 Å². The fourth-order valence-electron chi connectivity index (χ4n) is 2.77. The van der Waals surface area contributed by atoms with Crippen LogP contribution in [0.1, 0.15) is 17.5 Å². The maximum atomic E-state index is 12.5. The third kappa shape index (κ3) is 6.12.